The second-order valence-corrected chi connectivity index (χ2v) is 9.00. The molecule has 0 aliphatic rings. The third-order valence-electron chi connectivity index (χ3n) is 4.46. The molecule has 0 bridgehead atoms. The van der Waals surface area contributed by atoms with Crippen molar-refractivity contribution in [3.05, 3.63) is 70.6 Å². The summed E-state index contributed by atoms with van der Waals surface area (Å²) < 4.78 is 56.8. The first-order valence-electron chi connectivity index (χ1n) is 10.3. The maximum atomic E-state index is 13.6. The van der Waals surface area contributed by atoms with Gasteiger partial charge in [0, 0.05) is 24.3 Å². The Labute approximate surface area is 191 Å². The van der Waals surface area contributed by atoms with E-state index in [1.807, 2.05) is 13.8 Å². The van der Waals surface area contributed by atoms with Crippen LogP contribution >= 0.6 is 0 Å². The van der Waals surface area contributed by atoms with Crippen LogP contribution in [0.15, 0.2) is 58.4 Å². The molecule has 3 aromatic rings. The summed E-state index contributed by atoms with van der Waals surface area (Å²) in [5.74, 6) is -2.32. The fraction of sp³-hybridized carbons (Fsp3) is 0.304. The third-order valence-corrected chi connectivity index (χ3v) is 5.59. The normalized spacial score (nSPS) is 12.0. The molecule has 0 saturated heterocycles. The Morgan fingerprint density at radius 3 is 2.27 bits per heavy atom. The zero-order valence-corrected chi connectivity index (χ0v) is 19.6. The summed E-state index contributed by atoms with van der Waals surface area (Å²) in [5.41, 5.74) is 0.0421. The largest absolute Gasteiger partial charge is 0.487 e. The highest BCUT2D eigenvalue weighted by atomic mass is 32.2. The van der Waals surface area contributed by atoms with Crippen LogP contribution in [-0.2, 0) is 9.84 Å². The lowest BCUT2D eigenvalue weighted by Gasteiger charge is -2.14. The molecule has 0 aliphatic heterocycles. The summed E-state index contributed by atoms with van der Waals surface area (Å²) in [6.07, 6.45) is 1.99. The summed E-state index contributed by atoms with van der Waals surface area (Å²) in [4.78, 5) is 13.2. The Bertz CT molecular complexity index is 1260. The van der Waals surface area contributed by atoms with Gasteiger partial charge in [0.1, 0.15) is 0 Å². The molecule has 0 spiro atoms. The fourth-order valence-corrected chi connectivity index (χ4v) is 3.43. The van der Waals surface area contributed by atoms with Gasteiger partial charge in [-0.1, -0.05) is 26.0 Å². The lowest BCUT2D eigenvalue weighted by molar-refractivity contribution is 0.155. The van der Waals surface area contributed by atoms with Gasteiger partial charge in [-0.05, 0) is 36.8 Å². The van der Waals surface area contributed by atoms with Crippen molar-refractivity contribution in [2.45, 2.75) is 38.2 Å². The molecule has 0 saturated carbocycles. The van der Waals surface area contributed by atoms with Crippen LogP contribution in [0.25, 0.3) is 16.8 Å². The van der Waals surface area contributed by atoms with Crippen LogP contribution in [0.4, 0.5) is 8.78 Å². The molecule has 0 radical (unpaired) electrons. The summed E-state index contributed by atoms with van der Waals surface area (Å²) in [6, 6.07) is 8.73. The molecule has 0 aliphatic carbocycles. The van der Waals surface area contributed by atoms with E-state index >= 15 is 0 Å². The van der Waals surface area contributed by atoms with Crippen molar-refractivity contribution >= 4 is 9.84 Å². The van der Waals surface area contributed by atoms with E-state index in [4.69, 9.17) is 4.74 Å². The number of nitrogens with zero attached hydrogens (tertiary/aromatic N) is 2. The molecule has 2 aromatic carbocycles. The topological polar surface area (TPSA) is 98.5 Å². The lowest BCUT2D eigenvalue weighted by atomic mass is 10.1. The third kappa shape index (κ3) is 6.45. The number of ether oxygens (including phenoxy) is 1. The van der Waals surface area contributed by atoms with Crippen LogP contribution in [0, 0.1) is 11.6 Å². The average Bonchev–Trinajstić information content (AvgIpc) is 2.77. The van der Waals surface area contributed by atoms with Crippen molar-refractivity contribution in [2.75, 3.05) is 12.9 Å². The standard InChI is InChI=1S/C21H20F2N2O5S.C2H6/c1-13(26)9-10-30-20-17(14-3-6-16(7-4-14)31(2,28)29)12-24-25(21(20)27)15-5-8-18(22)19(23)11-15;1-2/h3-8,11-13,26H,9-10H2,1-2H3;1-2H3. The van der Waals surface area contributed by atoms with E-state index in [0.29, 0.717) is 5.56 Å². The first-order valence-corrected chi connectivity index (χ1v) is 12.2. The van der Waals surface area contributed by atoms with Gasteiger partial charge in [-0.3, -0.25) is 4.79 Å². The van der Waals surface area contributed by atoms with Crippen molar-refractivity contribution < 1.29 is 27.0 Å². The second kappa shape index (κ2) is 11.2. The van der Waals surface area contributed by atoms with Crippen molar-refractivity contribution in [3.63, 3.8) is 0 Å². The minimum Gasteiger partial charge on any atom is -0.487 e. The molecule has 1 unspecified atom stereocenters. The number of rotatable bonds is 7. The summed E-state index contributed by atoms with van der Waals surface area (Å²) in [5, 5.41) is 13.5. The van der Waals surface area contributed by atoms with Gasteiger partial charge in [-0.25, -0.2) is 17.2 Å². The molecule has 1 aromatic heterocycles. The number of aromatic nitrogens is 2. The fourth-order valence-electron chi connectivity index (χ4n) is 2.80. The van der Waals surface area contributed by atoms with Crippen LogP contribution < -0.4 is 10.3 Å². The predicted octanol–water partition coefficient (Wildman–Crippen LogP) is 3.76. The van der Waals surface area contributed by atoms with Gasteiger partial charge in [-0.15, -0.1) is 0 Å². The molecular weight excluding hydrogens is 454 g/mol. The van der Waals surface area contributed by atoms with Crippen LogP contribution in [-0.4, -0.2) is 42.3 Å². The Balaban J connectivity index is 0.00000187. The molecule has 33 heavy (non-hydrogen) atoms. The van der Waals surface area contributed by atoms with Crippen molar-refractivity contribution in [3.8, 4) is 22.6 Å². The van der Waals surface area contributed by atoms with Gasteiger partial charge in [0.2, 0.25) is 0 Å². The maximum Gasteiger partial charge on any atom is 0.314 e. The van der Waals surface area contributed by atoms with E-state index in [-0.39, 0.29) is 34.9 Å². The summed E-state index contributed by atoms with van der Waals surface area (Å²) >= 11 is 0. The maximum absolute atomic E-state index is 13.6. The summed E-state index contributed by atoms with van der Waals surface area (Å²) in [6.45, 7) is 5.59. The smallest absolute Gasteiger partial charge is 0.314 e. The molecule has 1 atom stereocenters. The first-order chi connectivity index (χ1) is 15.6. The Morgan fingerprint density at radius 2 is 1.73 bits per heavy atom. The highest BCUT2D eigenvalue weighted by Gasteiger charge is 2.18. The zero-order valence-electron chi connectivity index (χ0n) is 18.7. The van der Waals surface area contributed by atoms with Gasteiger partial charge < -0.3 is 9.84 Å². The minimum absolute atomic E-state index is 0.00301. The molecule has 1 heterocycles. The minimum atomic E-state index is -3.40. The Hall–Kier alpha value is -3.11. The second-order valence-electron chi connectivity index (χ2n) is 6.99. The Kier molecular flexibility index (Phi) is 8.84. The highest BCUT2D eigenvalue weighted by Crippen LogP contribution is 2.28. The molecule has 1 N–H and O–H groups in total. The van der Waals surface area contributed by atoms with Gasteiger partial charge >= 0.3 is 5.56 Å². The predicted molar refractivity (Wildman–Crippen MR) is 121 cm³/mol. The molecule has 0 fully saturated rings. The van der Waals surface area contributed by atoms with E-state index in [2.05, 4.69) is 5.10 Å². The van der Waals surface area contributed by atoms with Crippen LogP contribution in [0.1, 0.15) is 27.2 Å². The van der Waals surface area contributed by atoms with Crippen molar-refractivity contribution in [2.24, 2.45) is 0 Å². The van der Waals surface area contributed by atoms with Gasteiger partial charge in [0.15, 0.2) is 27.2 Å². The molecular formula is C23H26F2N2O5S. The molecule has 10 heteroatoms. The van der Waals surface area contributed by atoms with Crippen LogP contribution in [0.3, 0.4) is 0 Å². The molecule has 7 nitrogen and oxygen atoms in total. The van der Waals surface area contributed by atoms with Gasteiger partial charge in [0.05, 0.1) is 29.5 Å². The number of aliphatic hydroxyl groups excluding tert-OH is 1. The number of benzene rings is 2. The van der Waals surface area contributed by atoms with E-state index in [1.165, 1.54) is 36.5 Å². The number of hydrogen-bond donors (Lipinski definition) is 1. The van der Waals surface area contributed by atoms with Crippen molar-refractivity contribution in [1.29, 1.82) is 0 Å². The van der Waals surface area contributed by atoms with E-state index < -0.39 is 33.1 Å². The summed E-state index contributed by atoms with van der Waals surface area (Å²) in [7, 11) is -3.40. The monoisotopic (exact) mass is 480 g/mol. The van der Waals surface area contributed by atoms with E-state index in [1.54, 1.807) is 6.92 Å². The van der Waals surface area contributed by atoms with Gasteiger partial charge in [0.25, 0.3) is 0 Å². The number of sulfone groups is 1. The van der Waals surface area contributed by atoms with Crippen molar-refractivity contribution in [1.82, 2.24) is 9.78 Å². The quantitative estimate of drug-likeness (QED) is 0.553. The Morgan fingerprint density at radius 1 is 1.09 bits per heavy atom. The first kappa shape index (κ1) is 26.1. The van der Waals surface area contributed by atoms with E-state index in [0.717, 1.165) is 23.1 Å². The lowest BCUT2D eigenvalue weighted by Crippen LogP contribution is -2.24. The SMILES string of the molecule is CC.CC(O)CCOc1c(-c2ccc(S(C)(=O)=O)cc2)cnn(-c2ccc(F)c(F)c2)c1=O. The van der Waals surface area contributed by atoms with Crippen LogP contribution in [0.5, 0.6) is 5.75 Å². The number of aliphatic hydroxyl groups is 1. The number of hydrogen-bond acceptors (Lipinski definition) is 6. The zero-order chi connectivity index (χ0) is 24.8. The average molecular weight is 481 g/mol. The highest BCUT2D eigenvalue weighted by molar-refractivity contribution is 7.90. The molecule has 178 valence electrons. The van der Waals surface area contributed by atoms with Crippen LogP contribution in [0.2, 0.25) is 0 Å². The van der Waals surface area contributed by atoms with E-state index in [9.17, 15) is 27.1 Å². The number of halogens is 2. The van der Waals surface area contributed by atoms with Gasteiger partial charge in [-0.2, -0.15) is 9.78 Å². The molecule has 3 rings (SSSR count). The molecule has 0 amide bonds.